The molecule has 0 atom stereocenters. The third-order valence-electron chi connectivity index (χ3n) is 3.52. The number of hydroxylamine groups is 1. The highest BCUT2D eigenvalue weighted by molar-refractivity contribution is 7.87. The van der Waals surface area contributed by atoms with Crippen molar-refractivity contribution in [2.75, 3.05) is 37.6 Å². The van der Waals surface area contributed by atoms with Crippen LogP contribution in [0.25, 0.3) is 0 Å². The molecule has 2 rings (SSSR count). The molecule has 3 N–H and O–H groups in total. The Kier molecular flexibility index (Phi) is 5.82. The molecule has 1 aromatic heterocycles. The maximum Gasteiger partial charge on any atom is 0.417 e. The van der Waals surface area contributed by atoms with Crippen molar-refractivity contribution in [3.8, 4) is 0 Å². The minimum Gasteiger partial charge on any atom is -0.354 e. The van der Waals surface area contributed by atoms with Gasteiger partial charge in [-0.15, -0.1) is 0 Å². The number of carbonyl (C=O) groups excluding carboxylic acids is 1. The Labute approximate surface area is 141 Å². The Morgan fingerprint density at radius 1 is 1.24 bits per heavy atom. The summed E-state index contributed by atoms with van der Waals surface area (Å²) in [4.78, 5) is 16.3. The number of aromatic nitrogens is 1. The van der Waals surface area contributed by atoms with Crippen LogP contribution < -0.4 is 15.1 Å². The Morgan fingerprint density at radius 3 is 2.36 bits per heavy atom. The number of carbonyl (C=O) groups is 1. The van der Waals surface area contributed by atoms with Gasteiger partial charge < -0.3 is 4.90 Å². The number of nitrogens with one attached hydrogen (secondary N) is 2. The minimum atomic E-state index is -4.47. The summed E-state index contributed by atoms with van der Waals surface area (Å²) in [7, 11) is -3.90. The fourth-order valence-electron chi connectivity index (χ4n) is 2.19. The summed E-state index contributed by atoms with van der Waals surface area (Å²) < 4.78 is 64.7. The number of pyridine rings is 1. The molecule has 0 radical (unpaired) electrons. The van der Waals surface area contributed by atoms with Crippen molar-refractivity contribution < 1.29 is 31.6 Å². The number of rotatable bonds is 5. The van der Waals surface area contributed by atoms with E-state index in [4.69, 9.17) is 5.21 Å². The van der Waals surface area contributed by atoms with E-state index in [1.54, 1.807) is 4.90 Å². The monoisotopic (exact) mass is 383 g/mol. The third kappa shape index (κ3) is 5.01. The molecule has 2 heterocycles. The number of amides is 1. The van der Waals surface area contributed by atoms with Crippen molar-refractivity contribution in [3.05, 3.63) is 23.9 Å². The largest absolute Gasteiger partial charge is 0.417 e. The van der Waals surface area contributed by atoms with E-state index in [2.05, 4.69) is 4.98 Å². The maximum atomic E-state index is 12.5. The second-order valence-corrected chi connectivity index (χ2v) is 6.91. The predicted molar refractivity (Wildman–Crippen MR) is 79.9 cm³/mol. The van der Waals surface area contributed by atoms with Gasteiger partial charge in [-0.3, -0.25) is 10.0 Å². The van der Waals surface area contributed by atoms with Gasteiger partial charge in [0.1, 0.15) is 5.82 Å². The molecule has 0 aromatic carbocycles. The molecule has 13 heteroatoms. The summed E-state index contributed by atoms with van der Waals surface area (Å²) in [5, 5.41) is 8.34. The van der Waals surface area contributed by atoms with Gasteiger partial charge in [-0.2, -0.15) is 30.6 Å². The first-order valence-electron chi connectivity index (χ1n) is 7.09. The van der Waals surface area contributed by atoms with Crippen LogP contribution in [0.15, 0.2) is 18.3 Å². The average Bonchev–Trinajstić information content (AvgIpc) is 2.59. The van der Waals surface area contributed by atoms with Crippen LogP contribution in [0.5, 0.6) is 0 Å². The van der Waals surface area contributed by atoms with E-state index in [1.165, 1.54) is 11.5 Å². The lowest BCUT2D eigenvalue weighted by Crippen LogP contribution is -2.53. The van der Waals surface area contributed by atoms with Gasteiger partial charge in [0, 0.05) is 32.4 Å². The number of hydrogen-bond donors (Lipinski definition) is 3. The van der Waals surface area contributed by atoms with E-state index in [-0.39, 0.29) is 26.2 Å². The molecule has 0 unspecified atom stereocenters. The first kappa shape index (κ1) is 19.4. The van der Waals surface area contributed by atoms with Crippen LogP contribution in [-0.4, -0.2) is 61.5 Å². The first-order valence-corrected chi connectivity index (χ1v) is 8.53. The quantitative estimate of drug-likeness (QED) is 0.469. The molecule has 1 amide bonds. The summed E-state index contributed by atoms with van der Waals surface area (Å²) in [6.45, 7) is -0.0198. The molecule has 1 aromatic rings. The molecule has 0 bridgehead atoms. The molecule has 1 aliphatic heterocycles. The van der Waals surface area contributed by atoms with E-state index >= 15 is 0 Å². The molecule has 1 saturated heterocycles. The van der Waals surface area contributed by atoms with Crippen molar-refractivity contribution in [2.45, 2.75) is 6.18 Å². The van der Waals surface area contributed by atoms with Gasteiger partial charge >= 0.3 is 6.18 Å². The topological polar surface area (TPSA) is 115 Å². The van der Waals surface area contributed by atoms with Crippen molar-refractivity contribution in [1.82, 2.24) is 19.5 Å². The number of hydrogen-bond acceptors (Lipinski definition) is 6. The Hall–Kier alpha value is -1.96. The fraction of sp³-hybridized carbons (Fsp3) is 0.500. The number of piperazine rings is 1. The zero-order valence-electron chi connectivity index (χ0n) is 12.8. The van der Waals surface area contributed by atoms with Crippen LogP contribution in [0.2, 0.25) is 0 Å². The summed E-state index contributed by atoms with van der Waals surface area (Å²) in [5.74, 6) is -0.589. The Balaban J connectivity index is 1.94. The van der Waals surface area contributed by atoms with Gasteiger partial charge in [-0.05, 0) is 12.1 Å². The van der Waals surface area contributed by atoms with Gasteiger partial charge in [0.25, 0.3) is 16.1 Å². The molecule has 9 nitrogen and oxygen atoms in total. The third-order valence-corrected chi connectivity index (χ3v) is 5.07. The van der Waals surface area contributed by atoms with E-state index in [1.807, 2.05) is 4.72 Å². The highest BCUT2D eigenvalue weighted by atomic mass is 32.2. The molecular formula is C12H16F3N5O4S. The zero-order valence-corrected chi connectivity index (χ0v) is 13.6. The number of halogens is 3. The highest BCUT2D eigenvalue weighted by Gasteiger charge is 2.31. The van der Waals surface area contributed by atoms with Crippen molar-refractivity contribution in [1.29, 1.82) is 0 Å². The lowest BCUT2D eigenvalue weighted by Gasteiger charge is -2.34. The van der Waals surface area contributed by atoms with Gasteiger partial charge in [0.15, 0.2) is 0 Å². The van der Waals surface area contributed by atoms with Crippen molar-refractivity contribution in [2.24, 2.45) is 0 Å². The zero-order chi connectivity index (χ0) is 18.7. The molecular weight excluding hydrogens is 367 g/mol. The van der Waals surface area contributed by atoms with Crippen LogP contribution in [0, 0.1) is 0 Å². The summed E-state index contributed by atoms with van der Waals surface area (Å²) >= 11 is 0. The average molecular weight is 383 g/mol. The van der Waals surface area contributed by atoms with Gasteiger partial charge in [0.2, 0.25) is 0 Å². The van der Waals surface area contributed by atoms with Crippen LogP contribution in [0.1, 0.15) is 5.56 Å². The number of nitrogens with zero attached hydrogens (tertiary/aromatic N) is 3. The molecule has 25 heavy (non-hydrogen) atoms. The smallest absolute Gasteiger partial charge is 0.354 e. The fourth-order valence-corrected chi connectivity index (χ4v) is 3.33. The van der Waals surface area contributed by atoms with E-state index in [9.17, 15) is 26.4 Å². The van der Waals surface area contributed by atoms with E-state index in [0.29, 0.717) is 5.82 Å². The first-order chi connectivity index (χ1) is 11.6. The molecule has 0 aliphatic carbocycles. The lowest BCUT2D eigenvalue weighted by molar-refractivity contribution is -0.137. The maximum absolute atomic E-state index is 12.5. The molecule has 140 valence electrons. The standard InChI is InChI=1S/C12H16F3N5O4S/c13-12(14,15)9-1-2-10(16-7-9)19-3-5-20(6-4-19)25(23,24)17-8-11(21)18-22/h1-2,7,17,22H,3-6,8H2,(H,18,21). The number of anilines is 1. The Bertz CT molecular complexity index is 702. The SMILES string of the molecule is O=C(CNS(=O)(=O)N1CCN(c2ccc(C(F)(F)F)cn2)CC1)NO. The van der Waals surface area contributed by atoms with Crippen LogP contribution >= 0.6 is 0 Å². The predicted octanol–water partition coefficient (Wildman–Crippen LogP) is -0.438. The normalized spacial score (nSPS) is 16.7. The summed E-state index contributed by atoms with van der Waals surface area (Å²) in [5.41, 5.74) is 0.446. The second-order valence-electron chi connectivity index (χ2n) is 5.15. The van der Waals surface area contributed by atoms with Crippen LogP contribution in [0.3, 0.4) is 0 Å². The summed E-state index contributed by atoms with van der Waals surface area (Å²) in [6, 6.07) is 2.15. The summed E-state index contributed by atoms with van der Waals surface area (Å²) in [6.07, 6.45) is -3.74. The minimum absolute atomic E-state index is 0.0682. The molecule has 1 fully saturated rings. The van der Waals surface area contributed by atoms with E-state index < -0.39 is 34.4 Å². The van der Waals surface area contributed by atoms with Crippen LogP contribution in [0.4, 0.5) is 19.0 Å². The van der Waals surface area contributed by atoms with Crippen molar-refractivity contribution >= 4 is 21.9 Å². The van der Waals surface area contributed by atoms with Gasteiger partial charge in [0.05, 0.1) is 12.1 Å². The highest BCUT2D eigenvalue weighted by Crippen LogP contribution is 2.29. The van der Waals surface area contributed by atoms with E-state index in [0.717, 1.165) is 16.6 Å². The van der Waals surface area contributed by atoms with Crippen molar-refractivity contribution in [3.63, 3.8) is 0 Å². The van der Waals surface area contributed by atoms with Gasteiger partial charge in [-0.25, -0.2) is 10.5 Å². The molecule has 0 saturated carbocycles. The molecule has 1 aliphatic rings. The number of alkyl halides is 3. The van der Waals surface area contributed by atoms with Gasteiger partial charge in [-0.1, -0.05) is 0 Å². The Morgan fingerprint density at radius 2 is 1.88 bits per heavy atom. The lowest BCUT2D eigenvalue weighted by atomic mass is 10.2. The second kappa shape index (κ2) is 7.51. The molecule has 0 spiro atoms. The van der Waals surface area contributed by atoms with Crippen LogP contribution in [-0.2, 0) is 21.2 Å².